The van der Waals surface area contributed by atoms with E-state index in [0.29, 0.717) is 37.3 Å². The van der Waals surface area contributed by atoms with Crippen molar-refractivity contribution in [2.75, 3.05) is 6.61 Å². The molecule has 1 aliphatic carbocycles. The van der Waals surface area contributed by atoms with Gasteiger partial charge < -0.3 is 15.2 Å². The minimum absolute atomic E-state index is 0.0636. The van der Waals surface area contributed by atoms with Gasteiger partial charge in [-0.15, -0.1) is 0 Å². The fourth-order valence-electron chi connectivity index (χ4n) is 3.07. The van der Waals surface area contributed by atoms with Gasteiger partial charge in [0.1, 0.15) is 17.4 Å². The lowest BCUT2D eigenvalue weighted by Gasteiger charge is -2.08. The van der Waals surface area contributed by atoms with Crippen LogP contribution in [0.3, 0.4) is 0 Å². The van der Waals surface area contributed by atoms with Crippen molar-refractivity contribution in [2.24, 2.45) is 5.92 Å². The Balaban J connectivity index is 1.43. The lowest BCUT2D eigenvalue weighted by atomic mass is 10.1. The number of ether oxygens (including phenoxy) is 1. The Hall–Kier alpha value is -2.96. The van der Waals surface area contributed by atoms with Crippen LogP contribution < -0.4 is 10.1 Å². The van der Waals surface area contributed by atoms with E-state index in [1.165, 1.54) is 12.1 Å². The topological polar surface area (TPSA) is 75.6 Å². The van der Waals surface area contributed by atoms with Gasteiger partial charge in [0.15, 0.2) is 0 Å². The van der Waals surface area contributed by atoms with Crippen molar-refractivity contribution in [1.82, 2.24) is 5.32 Å². The van der Waals surface area contributed by atoms with E-state index in [0.717, 1.165) is 11.6 Å². The minimum Gasteiger partial charge on any atom is -0.494 e. The number of aliphatic carboxylic acids is 1. The van der Waals surface area contributed by atoms with Crippen molar-refractivity contribution >= 4 is 11.9 Å². The van der Waals surface area contributed by atoms with E-state index in [-0.39, 0.29) is 24.2 Å². The molecule has 1 amide bonds. The number of amides is 1. The van der Waals surface area contributed by atoms with E-state index in [2.05, 4.69) is 5.32 Å². The van der Waals surface area contributed by atoms with Crippen LogP contribution in [0.5, 0.6) is 5.75 Å². The lowest BCUT2D eigenvalue weighted by molar-refractivity contribution is -0.137. The minimum atomic E-state index is -0.852. The molecule has 0 heterocycles. The molecule has 0 saturated heterocycles. The van der Waals surface area contributed by atoms with Crippen LogP contribution in [0.15, 0.2) is 42.5 Å². The van der Waals surface area contributed by atoms with Crippen LogP contribution in [0.1, 0.15) is 36.3 Å². The predicted octanol–water partition coefficient (Wildman–Crippen LogP) is 3.63. The van der Waals surface area contributed by atoms with Gasteiger partial charge in [-0.25, -0.2) is 8.78 Å². The first-order valence-electron chi connectivity index (χ1n) is 9.10. The molecular weight excluding hydrogens is 368 g/mol. The summed E-state index contributed by atoms with van der Waals surface area (Å²) in [6, 6.07) is 10.6. The molecule has 2 atom stereocenters. The second kappa shape index (κ2) is 8.82. The average Bonchev–Trinajstić information content (AvgIpc) is 3.44. The van der Waals surface area contributed by atoms with Gasteiger partial charge in [0.05, 0.1) is 6.61 Å². The van der Waals surface area contributed by atoms with Gasteiger partial charge in [0.25, 0.3) is 0 Å². The third-order valence-electron chi connectivity index (χ3n) is 4.68. The van der Waals surface area contributed by atoms with Gasteiger partial charge >= 0.3 is 5.97 Å². The fraction of sp³-hybridized carbons (Fsp3) is 0.333. The quantitative estimate of drug-likeness (QED) is 0.642. The highest BCUT2D eigenvalue weighted by Crippen LogP contribution is 2.48. The van der Waals surface area contributed by atoms with Gasteiger partial charge in [0, 0.05) is 24.9 Å². The molecule has 1 fully saturated rings. The number of benzene rings is 2. The molecule has 0 aliphatic heterocycles. The molecule has 1 aliphatic rings. The highest BCUT2D eigenvalue weighted by atomic mass is 19.1. The maximum absolute atomic E-state index is 13.8. The van der Waals surface area contributed by atoms with Crippen LogP contribution in [0.2, 0.25) is 0 Å². The zero-order chi connectivity index (χ0) is 20.1. The van der Waals surface area contributed by atoms with Crippen molar-refractivity contribution in [3.63, 3.8) is 0 Å². The average molecular weight is 389 g/mol. The van der Waals surface area contributed by atoms with Crippen LogP contribution in [-0.2, 0) is 16.1 Å². The van der Waals surface area contributed by atoms with Gasteiger partial charge in [-0.1, -0.05) is 18.2 Å². The summed E-state index contributed by atoms with van der Waals surface area (Å²) >= 11 is 0. The molecule has 0 radical (unpaired) electrons. The molecule has 0 aromatic heterocycles. The van der Waals surface area contributed by atoms with Crippen molar-refractivity contribution in [2.45, 2.75) is 31.7 Å². The summed E-state index contributed by atoms with van der Waals surface area (Å²) in [5.41, 5.74) is 1.27. The van der Waals surface area contributed by atoms with Crippen molar-refractivity contribution < 1.29 is 28.2 Å². The lowest BCUT2D eigenvalue weighted by Crippen LogP contribution is -2.24. The maximum atomic E-state index is 13.8. The molecule has 2 aromatic rings. The maximum Gasteiger partial charge on any atom is 0.303 e. The van der Waals surface area contributed by atoms with Crippen molar-refractivity contribution in [3.05, 3.63) is 65.2 Å². The molecule has 5 nitrogen and oxygen atoms in total. The molecule has 2 aromatic carbocycles. The molecule has 28 heavy (non-hydrogen) atoms. The van der Waals surface area contributed by atoms with E-state index in [1.807, 2.05) is 12.1 Å². The Morgan fingerprint density at radius 2 is 1.89 bits per heavy atom. The predicted molar refractivity (Wildman–Crippen MR) is 97.9 cm³/mol. The van der Waals surface area contributed by atoms with E-state index in [9.17, 15) is 18.4 Å². The van der Waals surface area contributed by atoms with Crippen LogP contribution in [0.25, 0.3) is 0 Å². The second-order valence-corrected chi connectivity index (χ2v) is 6.82. The smallest absolute Gasteiger partial charge is 0.303 e. The number of carboxylic acids is 1. The number of hydrogen-bond donors (Lipinski definition) is 2. The Kier molecular flexibility index (Phi) is 6.23. The van der Waals surface area contributed by atoms with Crippen LogP contribution >= 0.6 is 0 Å². The van der Waals surface area contributed by atoms with E-state index >= 15 is 0 Å². The number of carbonyl (C=O) groups excluding carboxylic acids is 1. The Bertz CT molecular complexity index is 854. The standard InChI is InChI=1S/C21H21F2NO4/c22-14-5-8-16(19(23)10-14)17-11-18(17)21(27)24-12-13-3-6-15(7-4-13)28-9-1-2-20(25)26/h3-8,10,17-18H,1-2,9,11-12H2,(H,24,27)(H,25,26). The molecule has 1 saturated carbocycles. The SMILES string of the molecule is O=C(O)CCCOc1ccc(CNC(=O)C2CC2c2ccc(F)cc2F)cc1. The van der Waals surface area contributed by atoms with E-state index < -0.39 is 17.6 Å². The monoisotopic (exact) mass is 389 g/mol. The number of carbonyl (C=O) groups is 2. The number of halogens is 2. The van der Waals surface area contributed by atoms with E-state index in [4.69, 9.17) is 9.84 Å². The van der Waals surface area contributed by atoms with Crippen LogP contribution in [0, 0.1) is 17.6 Å². The first-order chi connectivity index (χ1) is 13.4. The molecular formula is C21H21F2NO4. The highest BCUT2D eigenvalue weighted by Gasteiger charge is 2.45. The Labute approximate surface area is 161 Å². The zero-order valence-electron chi connectivity index (χ0n) is 15.2. The third-order valence-corrected chi connectivity index (χ3v) is 4.68. The number of rotatable bonds is 9. The molecule has 2 N–H and O–H groups in total. The summed E-state index contributed by atoms with van der Waals surface area (Å²) in [5, 5.41) is 11.4. The van der Waals surface area contributed by atoms with Crippen molar-refractivity contribution in [3.8, 4) is 5.75 Å². The summed E-state index contributed by atoms with van der Waals surface area (Å²) < 4.78 is 32.3. The summed E-state index contributed by atoms with van der Waals surface area (Å²) in [6.07, 6.45) is 1.05. The van der Waals surface area contributed by atoms with Gasteiger partial charge in [-0.3, -0.25) is 9.59 Å². The second-order valence-electron chi connectivity index (χ2n) is 6.82. The molecule has 0 spiro atoms. The van der Waals surface area contributed by atoms with Crippen LogP contribution in [0.4, 0.5) is 8.78 Å². The fourth-order valence-corrected chi connectivity index (χ4v) is 3.07. The molecule has 2 unspecified atom stereocenters. The third kappa shape index (κ3) is 5.28. The van der Waals surface area contributed by atoms with E-state index in [1.54, 1.807) is 12.1 Å². The number of carboxylic acid groups (broad SMARTS) is 1. The van der Waals surface area contributed by atoms with Gasteiger partial charge in [-0.2, -0.15) is 0 Å². The summed E-state index contributed by atoms with van der Waals surface area (Å²) in [7, 11) is 0. The summed E-state index contributed by atoms with van der Waals surface area (Å²) in [4.78, 5) is 22.7. The zero-order valence-corrected chi connectivity index (χ0v) is 15.2. The largest absolute Gasteiger partial charge is 0.494 e. The van der Waals surface area contributed by atoms with Crippen molar-refractivity contribution in [1.29, 1.82) is 0 Å². The Morgan fingerprint density at radius 1 is 1.14 bits per heavy atom. The van der Waals surface area contributed by atoms with Gasteiger partial charge in [-0.05, 0) is 48.1 Å². The first-order valence-corrected chi connectivity index (χ1v) is 9.10. The first kappa shape index (κ1) is 19.8. The summed E-state index contributed by atoms with van der Waals surface area (Å²) in [5.74, 6) is -2.11. The molecule has 148 valence electrons. The normalized spacial score (nSPS) is 17.8. The number of nitrogens with one attached hydrogen (secondary N) is 1. The molecule has 3 rings (SSSR count). The summed E-state index contributed by atoms with van der Waals surface area (Å²) in [6.45, 7) is 0.665. The highest BCUT2D eigenvalue weighted by molar-refractivity contribution is 5.82. The molecule has 7 heteroatoms. The van der Waals surface area contributed by atoms with Gasteiger partial charge in [0.2, 0.25) is 5.91 Å². The van der Waals surface area contributed by atoms with Crippen LogP contribution in [-0.4, -0.2) is 23.6 Å². The number of hydrogen-bond acceptors (Lipinski definition) is 3. The molecule has 0 bridgehead atoms. The Morgan fingerprint density at radius 3 is 2.57 bits per heavy atom.